The smallest absolute Gasteiger partial charge is 0.410 e. The summed E-state index contributed by atoms with van der Waals surface area (Å²) < 4.78 is 34.6. The summed E-state index contributed by atoms with van der Waals surface area (Å²) in [6.45, 7) is 8.01. The predicted octanol–water partition coefficient (Wildman–Crippen LogP) is 5.79. The van der Waals surface area contributed by atoms with Crippen LogP contribution in [0, 0.1) is 0 Å². The van der Waals surface area contributed by atoms with Crippen molar-refractivity contribution in [2.24, 2.45) is 0 Å². The summed E-state index contributed by atoms with van der Waals surface area (Å²) in [4.78, 5) is 27.2. The van der Waals surface area contributed by atoms with E-state index in [1.165, 1.54) is 11.1 Å². The van der Waals surface area contributed by atoms with Gasteiger partial charge < -0.3 is 44.0 Å². The predicted molar refractivity (Wildman–Crippen MR) is 198 cm³/mol. The molecule has 0 unspecified atom stereocenters. The van der Waals surface area contributed by atoms with Gasteiger partial charge in [0.1, 0.15) is 18.1 Å². The molecule has 0 atom stereocenters. The van der Waals surface area contributed by atoms with Gasteiger partial charge in [-0.2, -0.15) is 0 Å². The Morgan fingerprint density at radius 2 is 1.43 bits per heavy atom. The fraction of sp³-hybridized carbons (Fsp3) is 0.500. The number of benzene rings is 3. The molecule has 1 aliphatic rings. The van der Waals surface area contributed by atoms with E-state index in [1.54, 1.807) is 12.0 Å². The Morgan fingerprint density at radius 1 is 0.784 bits per heavy atom. The topological polar surface area (TPSA) is 117 Å². The van der Waals surface area contributed by atoms with E-state index < -0.39 is 6.09 Å². The van der Waals surface area contributed by atoms with Gasteiger partial charge in [0, 0.05) is 50.3 Å². The van der Waals surface area contributed by atoms with Gasteiger partial charge in [-0.1, -0.05) is 48.5 Å². The van der Waals surface area contributed by atoms with Crippen molar-refractivity contribution in [3.8, 4) is 22.6 Å². The third-order valence-electron chi connectivity index (χ3n) is 8.58. The second-order valence-electron chi connectivity index (χ2n) is 12.3. The number of nitrogens with zero attached hydrogens (tertiary/aromatic N) is 1. The molecule has 2 amide bonds. The SMILES string of the molecule is CCNC(=O)CCCOc1ccc(CN(CCCOCCOCCOCCCNC)C(=O)OCC2c3ccccc3-c3ccccc32)c(OC)c1. The van der Waals surface area contributed by atoms with Gasteiger partial charge in [-0.15, -0.1) is 0 Å². The third-order valence-corrected chi connectivity index (χ3v) is 8.58. The molecule has 0 saturated heterocycles. The number of fused-ring (bicyclic) bond motifs is 3. The summed E-state index contributed by atoms with van der Waals surface area (Å²) in [5.41, 5.74) is 5.51. The molecule has 11 heteroatoms. The number of hydrogen-bond donors (Lipinski definition) is 2. The average Bonchev–Trinajstić information content (AvgIpc) is 3.47. The molecule has 0 spiro atoms. The van der Waals surface area contributed by atoms with Crippen LogP contribution in [-0.2, 0) is 30.3 Å². The first-order valence-electron chi connectivity index (χ1n) is 18.1. The lowest BCUT2D eigenvalue weighted by Gasteiger charge is -2.25. The molecular formula is C40H55N3O8. The van der Waals surface area contributed by atoms with E-state index in [-0.39, 0.29) is 25.0 Å². The summed E-state index contributed by atoms with van der Waals surface area (Å²) >= 11 is 0. The summed E-state index contributed by atoms with van der Waals surface area (Å²) in [5, 5.41) is 5.89. The molecule has 0 fully saturated rings. The van der Waals surface area contributed by atoms with E-state index in [4.69, 9.17) is 28.4 Å². The van der Waals surface area contributed by atoms with Gasteiger partial charge in [-0.3, -0.25) is 4.79 Å². The monoisotopic (exact) mass is 705 g/mol. The molecule has 3 aromatic carbocycles. The zero-order valence-electron chi connectivity index (χ0n) is 30.5. The molecule has 0 saturated carbocycles. The Labute approximate surface area is 302 Å². The van der Waals surface area contributed by atoms with Gasteiger partial charge >= 0.3 is 6.09 Å². The molecule has 51 heavy (non-hydrogen) atoms. The van der Waals surface area contributed by atoms with Gasteiger partial charge in [-0.05, 0) is 74.2 Å². The van der Waals surface area contributed by atoms with Crippen LogP contribution in [0.4, 0.5) is 4.79 Å². The minimum Gasteiger partial charge on any atom is -0.496 e. The number of nitrogens with one attached hydrogen (secondary N) is 2. The van der Waals surface area contributed by atoms with E-state index in [2.05, 4.69) is 34.9 Å². The van der Waals surface area contributed by atoms with Crippen LogP contribution in [-0.4, -0.2) is 104 Å². The highest BCUT2D eigenvalue weighted by Crippen LogP contribution is 2.44. The van der Waals surface area contributed by atoms with Crippen molar-refractivity contribution in [2.45, 2.75) is 45.1 Å². The lowest BCUT2D eigenvalue weighted by Crippen LogP contribution is -2.33. The molecule has 2 N–H and O–H groups in total. The maximum atomic E-state index is 13.7. The van der Waals surface area contributed by atoms with Crippen LogP contribution in [0.1, 0.15) is 55.2 Å². The van der Waals surface area contributed by atoms with Crippen molar-refractivity contribution < 1.29 is 38.0 Å². The Kier molecular flexibility index (Phi) is 17.6. The molecular weight excluding hydrogens is 650 g/mol. The number of rotatable bonds is 25. The molecule has 4 rings (SSSR count). The number of amides is 2. The maximum absolute atomic E-state index is 13.7. The van der Waals surface area contributed by atoms with Gasteiger partial charge in [0.05, 0.1) is 46.7 Å². The van der Waals surface area contributed by atoms with Crippen molar-refractivity contribution >= 4 is 12.0 Å². The first-order valence-corrected chi connectivity index (χ1v) is 18.1. The van der Waals surface area contributed by atoms with Gasteiger partial charge in [0.2, 0.25) is 5.91 Å². The van der Waals surface area contributed by atoms with Gasteiger partial charge in [-0.25, -0.2) is 4.79 Å². The number of methoxy groups -OCH3 is 1. The summed E-state index contributed by atoms with van der Waals surface area (Å²) in [6, 6.07) is 22.2. The standard InChI is InChI=1S/C40H55N3O8/c1-4-42-39(44)16-9-23-50-32-18-17-31(38(28-32)46-3)29-43(20-11-22-48-25-27-49-26-24-47-21-10-19-41-2)40(45)51-30-37-35-14-7-5-12-33(35)34-13-6-8-15-36(34)37/h5-8,12-15,17-18,28,37,41H,4,9-11,16,19-27,29-30H2,1-3H3,(H,42,44). The zero-order valence-corrected chi connectivity index (χ0v) is 30.5. The van der Waals surface area contributed by atoms with Crippen molar-refractivity contribution in [3.05, 3.63) is 83.4 Å². The lowest BCUT2D eigenvalue weighted by molar-refractivity contribution is -0.121. The largest absolute Gasteiger partial charge is 0.496 e. The highest BCUT2D eigenvalue weighted by atomic mass is 16.6. The number of carbonyl (C=O) groups excluding carboxylic acids is 2. The fourth-order valence-electron chi connectivity index (χ4n) is 6.03. The molecule has 0 radical (unpaired) electrons. The average molecular weight is 706 g/mol. The van der Waals surface area contributed by atoms with Crippen LogP contribution in [0.15, 0.2) is 66.7 Å². The minimum absolute atomic E-state index is 0.0120. The van der Waals surface area contributed by atoms with Crippen LogP contribution in [0.2, 0.25) is 0 Å². The van der Waals surface area contributed by atoms with E-state index in [0.29, 0.717) is 90.1 Å². The molecule has 278 valence electrons. The highest BCUT2D eigenvalue weighted by Gasteiger charge is 2.30. The number of ether oxygens (including phenoxy) is 6. The van der Waals surface area contributed by atoms with Crippen molar-refractivity contribution in [1.82, 2.24) is 15.5 Å². The Morgan fingerprint density at radius 3 is 2.08 bits per heavy atom. The molecule has 0 aromatic heterocycles. The second-order valence-corrected chi connectivity index (χ2v) is 12.3. The number of hydrogen-bond acceptors (Lipinski definition) is 9. The molecule has 0 bridgehead atoms. The molecule has 0 heterocycles. The van der Waals surface area contributed by atoms with E-state index in [0.717, 1.165) is 29.7 Å². The summed E-state index contributed by atoms with van der Waals surface area (Å²) in [5.74, 6) is 1.21. The first kappa shape index (κ1) is 39.6. The van der Waals surface area contributed by atoms with Gasteiger partial charge in [0.15, 0.2) is 0 Å². The number of carbonyl (C=O) groups is 2. The van der Waals surface area contributed by atoms with Crippen molar-refractivity contribution in [2.75, 3.05) is 86.6 Å². The van der Waals surface area contributed by atoms with E-state index in [1.807, 2.05) is 56.4 Å². The normalized spacial score (nSPS) is 11.9. The van der Waals surface area contributed by atoms with E-state index >= 15 is 0 Å². The quantitative estimate of drug-likeness (QED) is 0.106. The Bertz CT molecular complexity index is 1440. The molecule has 3 aromatic rings. The fourth-order valence-corrected chi connectivity index (χ4v) is 6.03. The molecule has 11 nitrogen and oxygen atoms in total. The zero-order chi connectivity index (χ0) is 36.1. The molecule has 1 aliphatic carbocycles. The first-order chi connectivity index (χ1) is 25.0. The van der Waals surface area contributed by atoms with Crippen LogP contribution in [0.25, 0.3) is 11.1 Å². The Hall–Kier alpha value is -4.16. The van der Waals surface area contributed by atoms with Crippen LogP contribution < -0.4 is 20.1 Å². The third kappa shape index (κ3) is 12.8. The van der Waals surface area contributed by atoms with Crippen molar-refractivity contribution in [1.29, 1.82) is 0 Å². The maximum Gasteiger partial charge on any atom is 0.410 e. The van der Waals surface area contributed by atoms with Gasteiger partial charge in [0.25, 0.3) is 0 Å². The van der Waals surface area contributed by atoms with Crippen molar-refractivity contribution in [3.63, 3.8) is 0 Å². The van der Waals surface area contributed by atoms with Crippen LogP contribution in [0.3, 0.4) is 0 Å². The molecule has 0 aliphatic heterocycles. The van der Waals surface area contributed by atoms with E-state index in [9.17, 15) is 9.59 Å². The van der Waals surface area contributed by atoms with Crippen LogP contribution in [0.5, 0.6) is 11.5 Å². The highest BCUT2D eigenvalue weighted by molar-refractivity contribution is 5.79. The minimum atomic E-state index is -0.400. The summed E-state index contributed by atoms with van der Waals surface area (Å²) in [7, 11) is 3.53. The summed E-state index contributed by atoms with van der Waals surface area (Å²) in [6.07, 6.45) is 2.20. The van der Waals surface area contributed by atoms with Crippen LogP contribution >= 0.6 is 0 Å². The second kappa shape index (κ2) is 22.6. The lowest BCUT2D eigenvalue weighted by atomic mass is 9.98. The Balaban J connectivity index is 1.32.